The average molecular weight is 525 g/mol. The number of alkyl halides is 1. The number of rotatable bonds is 8. The Bertz CT molecular complexity index is 988. The van der Waals surface area contributed by atoms with Crippen molar-refractivity contribution >= 4 is 0 Å². The van der Waals surface area contributed by atoms with Gasteiger partial charge in [-0.2, -0.15) is 0 Å². The van der Waals surface area contributed by atoms with E-state index in [1.54, 1.807) is 13.0 Å². The van der Waals surface area contributed by atoms with Crippen molar-refractivity contribution in [3.05, 3.63) is 71.3 Å². The minimum absolute atomic E-state index is 0.0289. The zero-order valence-corrected chi connectivity index (χ0v) is 23.3. The van der Waals surface area contributed by atoms with E-state index in [1.807, 2.05) is 0 Å². The van der Waals surface area contributed by atoms with Crippen LogP contribution in [0.25, 0.3) is 0 Å². The van der Waals surface area contributed by atoms with Crippen LogP contribution in [0.1, 0.15) is 95.1 Å². The summed E-state index contributed by atoms with van der Waals surface area (Å²) < 4.78 is 39.4. The topological polar surface area (TPSA) is 18.5 Å². The maximum Gasteiger partial charge on any atom is 0.185 e. The Hall–Kier alpha value is -1.94. The van der Waals surface area contributed by atoms with Gasteiger partial charge in [-0.15, -0.1) is 0 Å². The molecule has 0 amide bonds. The third kappa shape index (κ3) is 6.43. The van der Waals surface area contributed by atoms with Crippen molar-refractivity contribution in [1.29, 1.82) is 0 Å². The summed E-state index contributed by atoms with van der Waals surface area (Å²) in [7, 11) is 0. The molecule has 6 unspecified atom stereocenters. The molecule has 0 spiro atoms. The average Bonchev–Trinajstić information content (AvgIpc) is 2.95. The van der Waals surface area contributed by atoms with Gasteiger partial charge >= 0.3 is 0 Å². The zero-order valence-electron chi connectivity index (χ0n) is 23.3. The Balaban J connectivity index is 1.06. The van der Waals surface area contributed by atoms with E-state index in [9.17, 15) is 8.78 Å². The number of hydrogen-bond donors (Lipinski definition) is 0. The molecule has 0 aromatic heterocycles. The maximum atomic E-state index is 14.4. The van der Waals surface area contributed by atoms with E-state index in [1.165, 1.54) is 75.8 Å². The van der Waals surface area contributed by atoms with Gasteiger partial charge in [0.2, 0.25) is 0 Å². The normalized spacial score (nSPS) is 35.9. The fourth-order valence-corrected chi connectivity index (χ4v) is 7.89. The van der Waals surface area contributed by atoms with E-state index >= 15 is 0 Å². The zero-order chi connectivity index (χ0) is 26.5. The summed E-state index contributed by atoms with van der Waals surface area (Å²) >= 11 is 0. The summed E-state index contributed by atoms with van der Waals surface area (Å²) in [5.74, 6) is 4.41. The van der Waals surface area contributed by atoms with Crippen LogP contribution in [0, 0.1) is 29.6 Å². The molecule has 3 saturated carbocycles. The molecule has 4 aliphatic carbocycles. The lowest BCUT2D eigenvalue weighted by Crippen LogP contribution is -2.34. The lowest BCUT2D eigenvalue weighted by Gasteiger charge is -2.45. The molecular weight excluding hydrogens is 478 g/mol. The van der Waals surface area contributed by atoms with Gasteiger partial charge in [-0.25, -0.2) is 8.78 Å². The van der Waals surface area contributed by atoms with Crippen molar-refractivity contribution in [1.82, 2.24) is 0 Å². The fraction of sp³-hybridized carbons (Fsp3) is 0.647. The van der Waals surface area contributed by atoms with Gasteiger partial charge in [0.25, 0.3) is 0 Å². The predicted molar refractivity (Wildman–Crippen MR) is 150 cm³/mol. The van der Waals surface area contributed by atoms with Crippen LogP contribution < -0.4 is 0 Å². The van der Waals surface area contributed by atoms with Gasteiger partial charge in [0.05, 0.1) is 13.2 Å². The number of allylic oxidation sites excluding steroid dienone is 3. The largest absolute Gasteiger partial charge is 0.491 e. The van der Waals surface area contributed by atoms with Crippen LogP contribution in [0.4, 0.5) is 8.78 Å². The second kappa shape index (κ2) is 12.9. The van der Waals surface area contributed by atoms with Gasteiger partial charge in [-0.3, -0.25) is 0 Å². The Morgan fingerprint density at radius 1 is 0.868 bits per heavy atom. The standard InChI is InChI=1S/C34H46F2O2/c1-3-5-23-6-11-30-21-29(17-16-28(30)20-23)27-14-12-26(13-15-27)25-9-7-24(8-10-25)22-38-32-19-18-31(37-4-2)33(35)34(32)36/h3,5,7-10,18-19,23,26-30,32,34H,4,6,11-17,20-22H2,1-2H3/b5-3+. The van der Waals surface area contributed by atoms with E-state index in [0.717, 1.165) is 35.2 Å². The summed E-state index contributed by atoms with van der Waals surface area (Å²) in [6, 6.07) is 8.61. The van der Waals surface area contributed by atoms with Crippen LogP contribution in [0.15, 0.2) is 60.2 Å². The van der Waals surface area contributed by atoms with Crippen LogP contribution in [0.2, 0.25) is 0 Å². The molecule has 208 valence electrons. The van der Waals surface area contributed by atoms with E-state index in [2.05, 4.69) is 43.3 Å². The third-order valence-electron chi connectivity index (χ3n) is 9.99. The SMILES string of the molecule is C/C=C/C1CCC2CC(C3CCC(c4ccc(COC5C=CC(OCC)=C(F)C5F)cc4)CC3)CCC2C1. The van der Waals surface area contributed by atoms with E-state index in [4.69, 9.17) is 9.47 Å². The van der Waals surface area contributed by atoms with Crippen LogP contribution in [-0.2, 0) is 16.1 Å². The van der Waals surface area contributed by atoms with E-state index in [-0.39, 0.29) is 12.4 Å². The molecule has 0 bridgehead atoms. The first kappa shape index (κ1) is 27.6. The van der Waals surface area contributed by atoms with Crippen molar-refractivity contribution in [2.75, 3.05) is 6.61 Å². The highest BCUT2D eigenvalue weighted by Gasteiger charge is 2.38. The minimum atomic E-state index is -1.82. The number of halogens is 2. The molecule has 6 atom stereocenters. The first-order valence-corrected chi connectivity index (χ1v) is 15.2. The van der Waals surface area contributed by atoms with Gasteiger partial charge in [-0.1, -0.05) is 36.4 Å². The molecule has 2 nitrogen and oxygen atoms in total. The molecule has 0 N–H and O–H groups in total. The van der Waals surface area contributed by atoms with Gasteiger partial charge in [0, 0.05) is 0 Å². The van der Waals surface area contributed by atoms with E-state index in [0.29, 0.717) is 12.5 Å². The number of benzene rings is 1. The number of fused-ring (bicyclic) bond motifs is 1. The monoisotopic (exact) mass is 524 g/mol. The molecule has 4 aliphatic rings. The molecule has 1 aromatic carbocycles. The van der Waals surface area contributed by atoms with Gasteiger partial charge < -0.3 is 9.47 Å². The Morgan fingerprint density at radius 2 is 1.53 bits per heavy atom. The third-order valence-corrected chi connectivity index (χ3v) is 9.99. The van der Waals surface area contributed by atoms with E-state index < -0.39 is 18.1 Å². The minimum Gasteiger partial charge on any atom is -0.491 e. The first-order chi connectivity index (χ1) is 18.6. The van der Waals surface area contributed by atoms with Crippen molar-refractivity contribution < 1.29 is 18.3 Å². The van der Waals surface area contributed by atoms with Crippen molar-refractivity contribution in [3.63, 3.8) is 0 Å². The number of hydrogen-bond acceptors (Lipinski definition) is 2. The highest BCUT2D eigenvalue weighted by Crippen LogP contribution is 2.50. The van der Waals surface area contributed by atoms with Crippen molar-refractivity contribution in [3.8, 4) is 0 Å². The Labute approximate surface area is 228 Å². The summed E-state index contributed by atoms with van der Waals surface area (Å²) in [5, 5.41) is 0. The molecule has 4 heteroatoms. The molecule has 38 heavy (non-hydrogen) atoms. The highest BCUT2D eigenvalue weighted by atomic mass is 19.2. The van der Waals surface area contributed by atoms with Crippen LogP contribution in [0.5, 0.6) is 0 Å². The van der Waals surface area contributed by atoms with Gasteiger partial charge in [0.15, 0.2) is 17.8 Å². The molecule has 0 radical (unpaired) electrons. The molecule has 0 saturated heterocycles. The summed E-state index contributed by atoms with van der Waals surface area (Å²) in [6.07, 6.45) is 19.0. The Morgan fingerprint density at radius 3 is 2.24 bits per heavy atom. The van der Waals surface area contributed by atoms with Crippen LogP contribution in [0.3, 0.4) is 0 Å². The second-order valence-corrected chi connectivity index (χ2v) is 12.2. The van der Waals surface area contributed by atoms with Crippen LogP contribution in [-0.4, -0.2) is 18.9 Å². The highest BCUT2D eigenvalue weighted by molar-refractivity contribution is 5.28. The quantitative estimate of drug-likeness (QED) is 0.315. The lowest BCUT2D eigenvalue weighted by atomic mass is 9.61. The molecule has 3 fully saturated rings. The lowest BCUT2D eigenvalue weighted by molar-refractivity contribution is 0.0174. The first-order valence-electron chi connectivity index (χ1n) is 15.2. The molecule has 0 aliphatic heterocycles. The number of ether oxygens (including phenoxy) is 2. The van der Waals surface area contributed by atoms with Gasteiger partial charge in [0.1, 0.15) is 6.10 Å². The summed E-state index contributed by atoms with van der Waals surface area (Å²) in [6.45, 7) is 4.49. The fourth-order valence-electron chi connectivity index (χ4n) is 7.89. The predicted octanol–water partition coefficient (Wildman–Crippen LogP) is 9.38. The molecule has 0 heterocycles. The second-order valence-electron chi connectivity index (χ2n) is 12.2. The van der Waals surface area contributed by atoms with Crippen molar-refractivity contribution in [2.24, 2.45) is 29.6 Å². The summed E-state index contributed by atoms with van der Waals surface area (Å²) in [4.78, 5) is 0. The van der Waals surface area contributed by atoms with Crippen LogP contribution >= 0.6 is 0 Å². The summed E-state index contributed by atoms with van der Waals surface area (Å²) in [5.41, 5.74) is 2.40. The maximum absolute atomic E-state index is 14.4. The smallest absolute Gasteiger partial charge is 0.185 e. The van der Waals surface area contributed by atoms with Gasteiger partial charge in [-0.05, 0) is 137 Å². The Kier molecular flexibility index (Phi) is 9.41. The van der Waals surface area contributed by atoms with Crippen molar-refractivity contribution in [2.45, 2.75) is 103 Å². The molecule has 5 rings (SSSR count). The molecule has 1 aromatic rings. The molecular formula is C34H46F2O2.